The van der Waals surface area contributed by atoms with Crippen LogP contribution < -0.4 is 10.6 Å². The molecular formula is C14H21FN2O. The SMILES string of the molecule is CCCNC(=O)C(C)N[C@H](C)c1cccc(F)c1. The summed E-state index contributed by atoms with van der Waals surface area (Å²) in [5, 5.41) is 5.98. The minimum Gasteiger partial charge on any atom is -0.355 e. The number of rotatable bonds is 6. The topological polar surface area (TPSA) is 41.1 Å². The van der Waals surface area contributed by atoms with Gasteiger partial charge in [0.15, 0.2) is 0 Å². The van der Waals surface area contributed by atoms with Crippen LogP contribution in [0.3, 0.4) is 0 Å². The number of carbonyl (C=O) groups excluding carboxylic acids is 1. The fraction of sp³-hybridized carbons (Fsp3) is 0.500. The molecule has 1 aromatic carbocycles. The van der Waals surface area contributed by atoms with Gasteiger partial charge in [-0.05, 0) is 38.0 Å². The van der Waals surface area contributed by atoms with Gasteiger partial charge in [0.1, 0.15) is 5.82 Å². The van der Waals surface area contributed by atoms with Gasteiger partial charge in [-0.1, -0.05) is 19.1 Å². The lowest BCUT2D eigenvalue weighted by molar-refractivity contribution is -0.122. The molecule has 0 saturated carbocycles. The Bertz CT molecular complexity index is 395. The Balaban J connectivity index is 2.53. The lowest BCUT2D eigenvalue weighted by atomic mass is 10.1. The van der Waals surface area contributed by atoms with Crippen LogP contribution in [0.1, 0.15) is 38.8 Å². The highest BCUT2D eigenvalue weighted by Crippen LogP contribution is 2.13. The molecule has 0 aromatic heterocycles. The number of amides is 1. The van der Waals surface area contributed by atoms with E-state index in [9.17, 15) is 9.18 Å². The number of hydrogen-bond donors (Lipinski definition) is 2. The van der Waals surface area contributed by atoms with Crippen LogP contribution in [0, 0.1) is 5.82 Å². The van der Waals surface area contributed by atoms with Crippen molar-refractivity contribution in [2.75, 3.05) is 6.54 Å². The molecule has 1 amide bonds. The Morgan fingerprint density at radius 3 is 2.72 bits per heavy atom. The standard InChI is InChI=1S/C14H21FN2O/c1-4-8-16-14(18)11(3)17-10(2)12-6-5-7-13(15)9-12/h5-7,9-11,17H,4,8H2,1-3H3,(H,16,18)/t10-,11?/m1/s1. The average molecular weight is 252 g/mol. The second-order valence-electron chi connectivity index (χ2n) is 4.46. The summed E-state index contributed by atoms with van der Waals surface area (Å²) < 4.78 is 13.1. The number of hydrogen-bond acceptors (Lipinski definition) is 2. The highest BCUT2D eigenvalue weighted by atomic mass is 19.1. The Morgan fingerprint density at radius 1 is 1.39 bits per heavy atom. The number of halogens is 1. The van der Waals surface area contributed by atoms with Gasteiger partial charge in [0.2, 0.25) is 5.91 Å². The molecule has 1 rings (SSSR count). The smallest absolute Gasteiger partial charge is 0.236 e. The van der Waals surface area contributed by atoms with Crippen molar-refractivity contribution < 1.29 is 9.18 Å². The first-order chi connectivity index (χ1) is 8.54. The van der Waals surface area contributed by atoms with Gasteiger partial charge in [-0.25, -0.2) is 4.39 Å². The third-order valence-corrected chi connectivity index (χ3v) is 2.79. The fourth-order valence-corrected chi connectivity index (χ4v) is 1.72. The van der Waals surface area contributed by atoms with Crippen LogP contribution >= 0.6 is 0 Å². The predicted octanol–water partition coefficient (Wildman–Crippen LogP) is 2.39. The van der Waals surface area contributed by atoms with Crippen LogP contribution in [-0.4, -0.2) is 18.5 Å². The van der Waals surface area contributed by atoms with Gasteiger partial charge in [-0.2, -0.15) is 0 Å². The Kier molecular flexibility index (Phi) is 5.78. The van der Waals surface area contributed by atoms with Crippen molar-refractivity contribution in [1.29, 1.82) is 0 Å². The van der Waals surface area contributed by atoms with E-state index in [0.29, 0.717) is 6.54 Å². The first-order valence-corrected chi connectivity index (χ1v) is 6.33. The molecule has 1 aromatic rings. The summed E-state index contributed by atoms with van der Waals surface area (Å²) in [6, 6.07) is 6.04. The quantitative estimate of drug-likeness (QED) is 0.816. The van der Waals surface area contributed by atoms with Gasteiger partial charge in [0, 0.05) is 12.6 Å². The number of carbonyl (C=O) groups is 1. The highest BCUT2D eigenvalue weighted by Gasteiger charge is 2.15. The summed E-state index contributed by atoms with van der Waals surface area (Å²) in [6.07, 6.45) is 0.915. The van der Waals surface area contributed by atoms with E-state index in [0.717, 1.165) is 12.0 Å². The van der Waals surface area contributed by atoms with E-state index >= 15 is 0 Å². The molecule has 4 heteroatoms. The zero-order chi connectivity index (χ0) is 13.5. The highest BCUT2D eigenvalue weighted by molar-refractivity contribution is 5.81. The maximum atomic E-state index is 13.1. The molecule has 0 aliphatic heterocycles. The van der Waals surface area contributed by atoms with Crippen molar-refractivity contribution in [2.45, 2.75) is 39.3 Å². The van der Waals surface area contributed by atoms with E-state index in [1.165, 1.54) is 12.1 Å². The normalized spacial score (nSPS) is 14.0. The Labute approximate surface area is 108 Å². The minimum absolute atomic E-state index is 0.0277. The summed E-state index contributed by atoms with van der Waals surface area (Å²) in [7, 11) is 0. The maximum Gasteiger partial charge on any atom is 0.236 e. The molecule has 18 heavy (non-hydrogen) atoms. The molecule has 0 aliphatic carbocycles. The molecule has 0 saturated heterocycles. The largest absolute Gasteiger partial charge is 0.355 e. The van der Waals surface area contributed by atoms with Gasteiger partial charge in [0.05, 0.1) is 6.04 Å². The molecule has 3 nitrogen and oxygen atoms in total. The Morgan fingerprint density at radius 2 is 2.11 bits per heavy atom. The van der Waals surface area contributed by atoms with E-state index in [1.54, 1.807) is 13.0 Å². The van der Waals surface area contributed by atoms with Crippen molar-refractivity contribution in [3.8, 4) is 0 Å². The zero-order valence-corrected chi connectivity index (χ0v) is 11.2. The van der Waals surface area contributed by atoms with Gasteiger partial charge in [-0.3, -0.25) is 10.1 Å². The van der Waals surface area contributed by atoms with E-state index in [1.807, 2.05) is 19.9 Å². The molecule has 2 atom stereocenters. The van der Waals surface area contributed by atoms with Crippen LogP contribution in [0.25, 0.3) is 0 Å². The van der Waals surface area contributed by atoms with Gasteiger partial charge in [-0.15, -0.1) is 0 Å². The lowest BCUT2D eigenvalue weighted by Gasteiger charge is -2.20. The third-order valence-electron chi connectivity index (χ3n) is 2.79. The van der Waals surface area contributed by atoms with Gasteiger partial charge >= 0.3 is 0 Å². The molecule has 2 N–H and O–H groups in total. The van der Waals surface area contributed by atoms with Gasteiger partial charge in [0.25, 0.3) is 0 Å². The number of nitrogens with one attached hydrogen (secondary N) is 2. The first-order valence-electron chi connectivity index (χ1n) is 6.33. The minimum atomic E-state index is -0.296. The van der Waals surface area contributed by atoms with E-state index in [2.05, 4.69) is 10.6 Å². The van der Waals surface area contributed by atoms with Crippen LogP contribution in [0.4, 0.5) is 4.39 Å². The summed E-state index contributed by atoms with van der Waals surface area (Å²) in [6.45, 7) is 6.41. The molecule has 0 heterocycles. The summed E-state index contributed by atoms with van der Waals surface area (Å²) in [4.78, 5) is 11.7. The summed E-state index contributed by atoms with van der Waals surface area (Å²) in [5.41, 5.74) is 0.838. The lowest BCUT2D eigenvalue weighted by Crippen LogP contribution is -2.43. The van der Waals surface area contributed by atoms with Crippen LogP contribution in [0.2, 0.25) is 0 Å². The first kappa shape index (κ1) is 14.6. The molecular weight excluding hydrogens is 231 g/mol. The maximum absolute atomic E-state index is 13.1. The Hall–Kier alpha value is -1.42. The van der Waals surface area contributed by atoms with Crippen molar-refractivity contribution in [2.24, 2.45) is 0 Å². The van der Waals surface area contributed by atoms with Crippen LogP contribution in [0.5, 0.6) is 0 Å². The summed E-state index contributed by atoms with van der Waals surface area (Å²) in [5.74, 6) is -0.288. The summed E-state index contributed by atoms with van der Waals surface area (Å²) >= 11 is 0. The molecule has 0 aliphatic rings. The van der Waals surface area contributed by atoms with Crippen LogP contribution in [-0.2, 0) is 4.79 Å². The third kappa shape index (κ3) is 4.45. The van der Waals surface area contributed by atoms with Crippen molar-refractivity contribution in [3.63, 3.8) is 0 Å². The van der Waals surface area contributed by atoms with E-state index < -0.39 is 0 Å². The second kappa shape index (κ2) is 7.11. The number of benzene rings is 1. The fourth-order valence-electron chi connectivity index (χ4n) is 1.72. The van der Waals surface area contributed by atoms with Crippen molar-refractivity contribution in [1.82, 2.24) is 10.6 Å². The van der Waals surface area contributed by atoms with E-state index in [-0.39, 0.29) is 23.8 Å². The molecule has 1 unspecified atom stereocenters. The van der Waals surface area contributed by atoms with Crippen LogP contribution in [0.15, 0.2) is 24.3 Å². The molecule has 0 fully saturated rings. The average Bonchev–Trinajstić information content (AvgIpc) is 2.35. The predicted molar refractivity (Wildman–Crippen MR) is 70.7 cm³/mol. The molecule has 0 radical (unpaired) electrons. The van der Waals surface area contributed by atoms with Crippen molar-refractivity contribution in [3.05, 3.63) is 35.6 Å². The van der Waals surface area contributed by atoms with E-state index in [4.69, 9.17) is 0 Å². The molecule has 0 bridgehead atoms. The van der Waals surface area contributed by atoms with Gasteiger partial charge < -0.3 is 5.32 Å². The molecule has 0 spiro atoms. The zero-order valence-electron chi connectivity index (χ0n) is 11.2. The monoisotopic (exact) mass is 252 g/mol. The van der Waals surface area contributed by atoms with Crippen molar-refractivity contribution >= 4 is 5.91 Å². The second-order valence-corrected chi connectivity index (χ2v) is 4.46. The molecule has 100 valence electrons.